The van der Waals surface area contributed by atoms with Gasteiger partial charge in [0.2, 0.25) is 5.91 Å². The van der Waals surface area contributed by atoms with Crippen molar-refractivity contribution in [2.75, 3.05) is 59.0 Å². The first-order valence-electron chi connectivity index (χ1n) is 9.32. The van der Waals surface area contributed by atoms with E-state index in [-0.39, 0.29) is 11.7 Å². The third kappa shape index (κ3) is 5.41. The van der Waals surface area contributed by atoms with Crippen LogP contribution in [0.2, 0.25) is 0 Å². The van der Waals surface area contributed by atoms with Gasteiger partial charge < -0.3 is 9.64 Å². The standard InChI is InChI=1S/C19H28FN3O2/c20-17-6-2-3-7-18(17)25-15-14-21-10-12-22(13-11-21)16-19(24)23-8-4-1-5-9-23/h2-3,6-7H,1,4-5,8-16H2. The zero-order chi connectivity index (χ0) is 17.5. The number of hydrogen-bond donors (Lipinski definition) is 0. The largest absolute Gasteiger partial charge is 0.489 e. The molecular formula is C19H28FN3O2. The number of benzene rings is 1. The normalized spacial score (nSPS) is 19.8. The Bertz CT molecular complexity index is 555. The molecule has 0 unspecified atom stereocenters. The Morgan fingerprint density at radius 3 is 2.36 bits per heavy atom. The Morgan fingerprint density at radius 1 is 0.960 bits per heavy atom. The van der Waals surface area contributed by atoms with E-state index in [1.165, 1.54) is 12.5 Å². The Morgan fingerprint density at radius 2 is 1.64 bits per heavy atom. The van der Waals surface area contributed by atoms with Crippen molar-refractivity contribution in [1.82, 2.24) is 14.7 Å². The molecule has 3 rings (SSSR count). The zero-order valence-corrected chi connectivity index (χ0v) is 14.8. The molecule has 0 aromatic heterocycles. The molecule has 2 aliphatic rings. The number of rotatable bonds is 6. The summed E-state index contributed by atoms with van der Waals surface area (Å²) in [5, 5.41) is 0. The fourth-order valence-electron chi connectivity index (χ4n) is 3.45. The van der Waals surface area contributed by atoms with E-state index in [4.69, 9.17) is 4.74 Å². The van der Waals surface area contributed by atoms with Gasteiger partial charge in [0.1, 0.15) is 6.61 Å². The first-order valence-corrected chi connectivity index (χ1v) is 9.32. The lowest BCUT2D eigenvalue weighted by Gasteiger charge is -2.36. The van der Waals surface area contributed by atoms with Crippen LogP contribution in [0, 0.1) is 5.82 Å². The van der Waals surface area contributed by atoms with Gasteiger partial charge in [-0.2, -0.15) is 0 Å². The van der Waals surface area contributed by atoms with Crippen LogP contribution in [0.5, 0.6) is 5.75 Å². The summed E-state index contributed by atoms with van der Waals surface area (Å²) in [7, 11) is 0. The van der Waals surface area contributed by atoms with Crippen molar-refractivity contribution in [3.8, 4) is 5.75 Å². The highest BCUT2D eigenvalue weighted by Gasteiger charge is 2.22. The zero-order valence-electron chi connectivity index (χ0n) is 14.8. The molecule has 1 aromatic rings. The first kappa shape index (κ1) is 18.1. The van der Waals surface area contributed by atoms with Gasteiger partial charge in [-0.15, -0.1) is 0 Å². The molecule has 0 bridgehead atoms. The molecule has 2 heterocycles. The van der Waals surface area contributed by atoms with E-state index >= 15 is 0 Å². The van der Waals surface area contributed by atoms with E-state index in [1.54, 1.807) is 18.2 Å². The van der Waals surface area contributed by atoms with Crippen molar-refractivity contribution in [2.45, 2.75) is 19.3 Å². The minimum Gasteiger partial charge on any atom is -0.489 e. The van der Waals surface area contributed by atoms with Gasteiger partial charge in [0.15, 0.2) is 11.6 Å². The maximum atomic E-state index is 13.5. The smallest absolute Gasteiger partial charge is 0.236 e. The van der Waals surface area contributed by atoms with Gasteiger partial charge in [-0.3, -0.25) is 14.6 Å². The van der Waals surface area contributed by atoms with Crippen molar-refractivity contribution < 1.29 is 13.9 Å². The van der Waals surface area contributed by atoms with E-state index < -0.39 is 0 Å². The van der Waals surface area contributed by atoms with E-state index in [1.807, 2.05) is 4.90 Å². The first-order chi connectivity index (χ1) is 12.2. The van der Waals surface area contributed by atoms with Crippen LogP contribution in [-0.4, -0.2) is 79.6 Å². The highest BCUT2D eigenvalue weighted by molar-refractivity contribution is 5.78. The molecule has 0 aliphatic carbocycles. The molecule has 2 fully saturated rings. The van der Waals surface area contributed by atoms with Crippen LogP contribution in [0.3, 0.4) is 0 Å². The summed E-state index contributed by atoms with van der Waals surface area (Å²) in [6.07, 6.45) is 3.53. The lowest BCUT2D eigenvalue weighted by molar-refractivity contribution is -0.133. The number of hydrogen-bond acceptors (Lipinski definition) is 4. The van der Waals surface area contributed by atoms with Gasteiger partial charge in [0.05, 0.1) is 6.54 Å². The van der Waals surface area contributed by atoms with Gasteiger partial charge in [0, 0.05) is 45.8 Å². The Hall–Kier alpha value is -1.66. The Balaban J connectivity index is 1.33. The minimum absolute atomic E-state index is 0.274. The molecule has 0 N–H and O–H groups in total. The molecule has 25 heavy (non-hydrogen) atoms. The molecule has 1 aromatic carbocycles. The molecule has 5 nitrogen and oxygen atoms in total. The number of amides is 1. The molecule has 6 heteroatoms. The summed E-state index contributed by atoms with van der Waals surface area (Å²) in [6, 6.07) is 6.50. The summed E-state index contributed by atoms with van der Waals surface area (Å²) in [5.74, 6) is 0.271. The fraction of sp³-hybridized carbons (Fsp3) is 0.632. The number of piperidine rings is 1. The number of carbonyl (C=O) groups is 1. The lowest BCUT2D eigenvalue weighted by Crippen LogP contribution is -2.51. The number of nitrogens with zero attached hydrogens (tertiary/aromatic N) is 3. The molecule has 0 radical (unpaired) electrons. The second kappa shape index (κ2) is 9.15. The van der Waals surface area contributed by atoms with Crippen LogP contribution in [0.4, 0.5) is 4.39 Å². The van der Waals surface area contributed by atoms with Gasteiger partial charge in [-0.05, 0) is 31.4 Å². The van der Waals surface area contributed by atoms with Gasteiger partial charge >= 0.3 is 0 Å². The van der Waals surface area contributed by atoms with Crippen molar-refractivity contribution >= 4 is 5.91 Å². The second-order valence-corrected chi connectivity index (χ2v) is 6.84. The summed E-state index contributed by atoms with van der Waals surface area (Å²) in [6.45, 7) is 7.30. The van der Waals surface area contributed by atoms with Crippen LogP contribution in [0.15, 0.2) is 24.3 Å². The van der Waals surface area contributed by atoms with Crippen LogP contribution < -0.4 is 4.74 Å². The third-order valence-corrected chi connectivity index (χ3v) is 5.03. The maximum absolute atomic E-state index is 13.5. The maximum Gasteiger partial charge on any atom is 0.236 e. The number of carbonyl (C=O) groups excluding carboxylic acids is 1. The van der Waals surface area contributed by atoms with Crippen molar-refractivity contribution in [1.29, 1.82) is 0 Å². The van der Waals surface area contributed by atoms with E-state index in [0.717, 1.165) is 58.7 Å². The van der Waals surface area contributed by atoms with Crippen LogP contribution in [0.1, 0.15) is 19.3 Å². The average molecular weight is 349 g/mol. The van der Waals surface area contributed by atoms with Crippen molar-refractivity contribution in [3.05, 3.63) is 30.1 Å². The van der Waals surface area contributed by atoms with E-state index in [2.05, 4.69) is 9.80 Å². The second-order valence-electron chi connectivity index (χ2n) is 6.84. The summed E-state index contributed by atoms with van der Waals surface area (Å²) in [5.41, 5.74) is 0. The predicted octanol–water partition coefficient (Wildman–Crippen LogP) is 1.83. The summed E-state index contributed by atoms with van der Waals surface area (Å²) < 4.78 is 19.0. The molecule has 1 amide bonds. The molecule has 2 saturated heterocycles. The van der Waals surface area contributed by atoms with Gasteiger partial charge in [-0.25, -0.2) is 4.39 Å². The number of ether oxygens (including phenoxy) is 1. The summed E-state index contributed by atoms with van der Waals surface area (Å²) in [4.78, 5) is 18.9. The average Bonchev–Trinajstić information content (AvgIpc) is 2.65. The molecule has 0 saturated carbocycles. The molecule has 2 aliphatic heterocycles. The summed E-state index contributed by atoms with van der Waals surface area (Å²) >= 11 is 0. The number of halogens is 1. The van der Waals surface area contributed by atoms with E-state index in [0.29, 0.717) is 18.9 Å². The van der Waals surface area contributed by atoms with Crippen LogP contribution in [0.25, 0.3) is 0 Å². The number of piperazine rings is 1. The molecule has 138 valence electrons. The highest BCUT2D eigenvalue weighted by Crippen LogP contribution is 2.15. The topological polar surface area (TPSA) is 36.0 Å². The SMILES string of the molecule is O=C(CN1CCN(CCOc2ccccc2F)CC1)N1CCCCC1. The Labute approximate surface area is 149 Å². The predicted molar refractivity (Wildman–Crippen MR) is 95.2 cm³/mol. The monoisotopic (exact) mass is 349 g/mol. The molecule has 0 atom stereocenters. The third-order valence-electron chi connectivity index (χ3n) is 5.03. The number of para-hydroxylation sites is 1. The molecule has 0 spiro atoms. The van der Waals surface area contributed by atoms with Crippen molar-refractivity contribution in [3.63, 3.8) is 0 Å². The Kier molecular flexibility index (Phi) is 6.64. The van der Waals surface area contributed by atoms with Gasteiger partial charge in [-0.1, -0.05) is 12.1 Å². The van der Waals surface area contributed by atoms with Crippen molar-refractivity contribution in [2.24, 2.45) is 0 Å². The van der Waals surface area contributed by atoms with Crippen LogP contribution >= 0.6 is 0 Å². The quantitative estimate of drug-likeness (QED) is 0.785. The van der Waals surface area contributed by atoms with Crippen LogP contribution in [-0.2, 0) is 4.79 Å². The lowest BCUT2D eigenvalue weighted by atomic mass is 10.1. The highest BCUT2D eigenvalue weighted by atomic mass is 19.1. The fourth-order valence-corrected chi connectivity index (χ4v) is 3.45. The van der Waals surface area contributed by atoms with Gasteiger partial charge in [0.25, 0.3) is 0 Å². The van der Waals surface area contributed by atoms with E-state index in [9.17, 15) is 9.18 Å². The molecular weight excluding hydrogens is 321 g/mol. The number of likely N-dealkylation sites (tertiary alicyclic amines) is 1. The minimum atomic E-state index is -0.316.